The van der Waals surface area contributed by atoms with Gasteiger partial charge >= 0.3 is 0 Å². The maximum absolute atomic E-state index is 3.32. The topological polar surface area (TPSA) is 15.8 Å². The van der Waals surface area contributed by atoms with Crippen molar-refractivity contribution >= 4 is 0 Å². The lowest BCUT2D eigenvalue weighted by Gasteiger charge is -2.18. The van der Waals surface area contributed by atoms with Crippen molar-refractivity contribution in [1.82, 2.24) is 4.98 Å². The van der Waals surface area contributed by atoms with E-state index < -0.39 is 0 Å². The predicted molar refractivity (Wildman–Crippen MR) is 74.4 cm³/mol. The van der Waals surface area contributed by atoms with Crippen LogP contribution in [0.3, 0.4) is 0 Å². The van der Waals surface area contributed by atoms with Gasteiger partial charge in [-0.2, -0.15) is 0 Å². The molecule has 0 bridgehead atoms. The Hall–Kier alpha value is -0.980. The van der Waals surface area contributed by atoms with E-state index in [1.165, 1.54) is 48.9 Å². The van der Waals surface area contributed by atoms with Gasteiger partial charge in [0.15, 0.2) is 0 Å². The van der Waals surface area contributed by atoms with Crippen molar-refractivity contribution in [3.8, 4) is 0 Å². The van der Waals surface area contributed by atoms with Gasteiger partial charge in [0.05, 0.1) is 0 Å². The number of aryl methyl sites for hydroxylation is 2. The molecule has 17 heavy (non-hydrogen) atoms. The van der Waals surface area contributed by atoms with Gasteiger partial charge in [-0.05, 0) is 43.7 Å². The lowest BCUT2D eigenvalue weighted by Crippen LogP contribution is -2.03. The summed E-state index contributed by atoms with van der Waals surface area (Å²) in [5.41, 5.74) is 4.20. The highest BCUT2D eigenvalue weighted by Crippen LogP contribution is 2.28. The van der Waals surface area contributed by atoms with E-state index in [0.717, 1.165) is 5.92 Å². The van der Waals surface area contributed by atoms with Gasteiger partial charge in [0.1, 0.15) is 0 Å². The summed E-state index contributed by atoms with van der Waals surface area (Å²) in [6, 6.07) is 0. The SMILES string of the molecule is Cc1c[nH]c(C)c1C(C)/C=C/C1CCCCC1. The first-order chi connectivity index (χ1) is 8.18. The predicted octanol–water partition coefficient (Wildman–Crippen LogP) is 4.87. The van der Waals surface area contributed by atoms with Gasteiger partial charge in [-0.15, -0.1) is 0 Å². The van der Waals surface area contributed by atoms with E-state index in [-0.39, 0.29) is 0 Å². The Morgan fingerprint density at radius 2 is 1.94 bits per heavy atom. The number of aromatic nitrogens is 1. The number of hydrogen-bond donors (Lipinski definition) is 1. The van der Waals surface area contributed by atoms with Gasteiger partial charge in [0.25, 0.3) is 0 Å². The molecule has 0 aromatic carbocycles. The molecule has 0 spiro atoms. The first-order valence-corrected chi connectivity index (χ1v) is 7.01. The number of allylic oxidation sites excluding steroid dienone is 2. The molecule has 0 amide bonds. The van der Waals surface area contributed by atoms with Crippen molar-refractivity contribution in [2.75, 3.05) is 0 Å². The summed E-state index contributed by atoms with van der Waals surface area (Å²) in [5, 5.41) is 0. The lowest BCUT2D eigenvalue weighted by molar-refractivity contribution is 0.418. The van der Waals surface area contributed by atoms with Crippen molar-refractivity contribution in [2.24, 2.45) is 5.92 Å². The molecule has 1 aromatic heterocycles. The van der Waals surface area contributed by atoms with E-state index in [9.17, 15) is 0 Å². The molecule has 1 heterocycles. The van der Waals surface area contributed by atoms with E-state index in [4.69, 9.17) is 0 Å². The first-order valence-electron chi connectivity index (χ1n) is 7.01. The highest BCUT2D eigenvalue weighted by molar-refractivity contribution is 5.34. The average molecular weight is 231 g/mol. The minimum Gasteiger partial charge on any atom is -0.365 e. The summed E-state index contributed by atoms with van der Waals surface area (Å²) in [6.45, 7) is 6.68. The number of aromatic amines is 1. The lowest BCUT2D eigenvalue weighted by atomic mass is 9.87. The number of nitrogens with one attached hydrogen (secondary N) is 1. The van der Waals surface area contributed by atoms with E-state index in [2.05, 4.69) is 44.1 Å². The fourth-order valence-corrected chi connectivity index (χ4v) is 3.12. The second kappa shape index (κ2) is 5.57. The standard InChI is InChI=1S/C16H25N/c1-12(16-13(2)11-17-14(16)3)9-10-15-7-5-4-6-8-15/h9-12,15,17H,4-8H2,1-3H3/b10-9+. The van der Waals surface area contributed by atoms with Crippen LogP contribution in [-0.4, -0.2) is 4.98 Å². The summed E-state index contributed by atoms with van der Waals surface area (Å²) >= 11 is 0. The van der Waals surface area contributed by atoms with E-state index in [0.29, 0.717) is 5.92 Å². The maximum atomic E-state index is 3.32. The van der Waals surface area contributed by atoms with Gasteiger partial charge < -0.3 is 4.98 Å². The molecule has 0 aliphatic heterocycles. The number of H-pyrrole nitrogens is 1. The van der Waals surface area contributed by atoms with Gasteiger partial charge in [-0.1, -0.05) is 38.3 Å². The zero-order chi connectivity index (χ0) is 12.3. The van der Waals surface area contributed by atoms with E-state index >= 15 is 0 Å². The molecule has 0 saturated heterocycles. The highest BCUT2D eigenvalue weighted by Gasteiger charge is 2.13. The van der Waals surface area contributed by atoms with Crippen LogP contribution in [0.15, 0.2) is 18.3 Å². The van der Waals surface area contributed by atoms with Gasteiger partial charge in [-0.25, -0.2) is 0 Å². The third-order valence-corrected chi connectivity index (χ3v) is 4.11. The van der Waals surface area contributed by atoms with Crippen LogP contribution < -0.4 is 0 Å². The van der Waals surface area contributed by atoms with Crippen LogP contribution in [0, 0.1) is 19.8 Å². The molecule has 1 atom stereocenters. The monoisotopic (exact) mass is 231 g/mol. The second-order valence-electron chi connectivity index (χ2n) is 5.58. The summed E-state index contributed by atoms with van der Waals surface area (Å²) in [4.78, 5) is 3.32. The zero-order valence-corrected chi connectivity index (χ0v) is 11.4. The molecule has 1 aliphatic rings. The smallest absolute Gasteiger partial charge is 0.0156 e. The number of hydrogen-bond acceptors (Lipinski definition) is 0. The molecule has 1 aromatic rings. The van der Waals surface area contributed by atoms with Crippen LogP contribution in [0.4, 0.5) is 0 Å². The first kappa shape index (κ1) is 12.5. The van der Waals surface area contributed by atoms with Crippen LogP contribution >= 0.6 is 0 Å². The van der Waals surface area contributed by atoms with E-state index in [1.807, 2.05) is 0 Å². The second-order valence-corrected chi connectivity index (χ2v) is 5.58. The Balaban J connectivity index is 2.00. The van der Waals surface area contributed by atoms with Crippen LogP contribution in [0.2, 0.25) is 0 Å². The van der Waals surface area contributed by atoms with Crippen molar-refractivity contribution in [2.45, 2.75) is 58.8 Å². The minimum atomic E-state index is 0.545. The van der Waals surface area contributed by atoms with Gasteiger partial charge in [0.2, 0.25) is 0 Å². The largest absolute Gasteiger partial charge is 0.365 e. The van der Waals surface area contributed by atoms with Crippen molar-refractivity contribution < 1.29 is 0 Å². The molecule has 1 N–H and O–H groups in total. The Labute approximate surface area is 105 Å². The minimum absolute atomic E-state index is 0.545. The molecule has 1 heteroatoms. The molecule has 1 aliphatic carbocycles. The Bertz CT molecular complexity index is 361. The summed E-state index contributed by atoms with van der Waals surface area (Å²) in [5.74, 6) is 1.38. The average Bonchev–Trinajstić information content (AvgIpc) is 2.67. The van der Waals surface area contributed by atoms with E-state index in [1.54, 1.807) is 0 Å². The third-order valence-electron chi connectivity index (χ3n) is 4.11. The molecule has 94 valence electrons. The summed E-state index contributed by atoms with van der Waals surface area (Å²) < 4.78 is 0. The molecule has 1 saturated carbocycles. The van der Waals surface area contributed by atoms with Crippen LogP contribution in [0.5, 0.6) is 0 Å². The fraction of sp³-hybridized carbons (Fsp3) is 0.625. The molecular formula is C16H25N. The van der Waals surface area contributed by atoms with Gasteiger partial charge in [-0.3, -0.25) is 0 Å². The van der Waals surface area contributed by atoms with Gasteiger partial charge in [0, 0.05) is 17.8 Å². The van der Waals surface area contributed by atoms with Crippen molar-refractivity contribution in [1.29, 1.82) is 0 Å². The Kier molecular flexibility index (Phi) is 4.09. The third kappa shape index (κ3) is 3.02. The molecule has 1 nitrogen and oxygen atoms in total. The molecule has 1 unspecified atom stereocenters. The summed E-state index contributed by atoms with van der Waals surface area (Å²) in [6.07, 6.45) is 14.1. The van der Waals surface area contributed by atoms with Crippen molar-refractivity contribution in [3.05, 3.63) is 35.2 Å². The molecule has 1 fully saturated rings. The highest BCUT2D eigenvalue weighted by atomic mass is 14.7. The maximum Gasteiger partial charge on any atom is 0.0156 e. The molecule has 0 radical (unpaired) electrons. The quantitative estimate of drug-likeness (QED) is 0.714. The van der Waals surface area contributed by atoms with Crippen LogP contribution in [0.1, 0.15) is 61.8 Å². The van der Waals surface area contributed by atoms with Crippen LogP contribution in [-0.2, 0) is 0 Å². The Morgan fingerprint density at radius 3 is 2.53 bits per heavy atom. The zero-order valence-electron chi connectivity index (χ0n) is 11.4. The number of rotatable bonds is 3. The fourth-order valence-electron chi connectivity index (χ4n) is 3.12. The molecular weight excluding hydrogens is 206 g/mol. The normalized spacial score (nSPS) is 19.9. The summed E-state index contributed by atoms with van der Waals surface area (Å²) in [7, 11) is 0. The Morgan fingerprint density at radius 1 is 1.24 bits per heavy atom. The molecule has 2 rings (SSSR count). The van der Waals surface area contributed by atoms with Crippen LogP contribution in [0.25, 0.3) is 0 Å². The van der Waals surface area contributed by atoms with Crippen molar-refractivity contribution in [3.63, 3.8) is 0 Å².